The maximum absolute atomic E-state index is 11.3. The Morgan fingerprint density at radius 1 is 1.00 bits per heavy atom. The largest absolute Gasteiger partial charge is 0.375 e. The Hall–Kier alpha value is -2.83. The fourth-order valence-electron chi connectivity index (χ4n) is 2.61. The summed E-state index contributed by atoms with van der Waals surface area (Å²) >= 11 is 1.16. The monoisotopic (exact) mass is 351 g/mol. The second kappa shape index (κ2) is 7.83. The molecule has 0 amide bonds. The highest BCUT2D eigenvalue weighted by atomic mass is 32.2. The minimum atomic E-state index is -0.374. The van der Waals surface area contributed by atoms with Gasteiger partial charge in [-0.1, -0.05) is 48.5 Å². The maximum atomic E-state index is 11.3. The maximum Gasteiger partial charge on any atom is 0.292 e. The standard InChI is InChI=1S/C19H17N3O2S/c20-25-19-9-5-4-8-16(19)15-10-11-18(22(23)24)17(12-15)21-13-14-6-2-1-3-7-14/h1-12,21H,13,20H2. The van der Waals surface area contributed by atoms with Crippen molar-refractivity contribution in [1.29, 1.82) is 0 Å². The third-order valence-electron chi connectivity index (χ3n) is 3.84. The normalized spacial score (nSPS) is 10.4. The molecule has 5 nitrogen and oxygen atoms in total. The van der Waals surface area contributed by atoms with Gasteiger partial charge in [-0.15, -0.1) is 0 Å². The number of anilines is 1. The summed E-state index contributed by atoms with van der Waals surface area (Å²) in [6, 6.07) is 22.6. The smallest absolute Gasteiger partial charge is 0.292 e. The average molecular weight is 351 g/mol. The van der Waals surface area contributed by atoms with E-state index in [9.17, 15) is 10.1 Å². The van der Waals surface area contributed by atoms with Crippen molar-refractivity contribution in [3.8, 4) is 11.1 Å². The Balaban J connectivity index is 1.96. The molecule has 0 fully saturated rings. The van der Waals surface area contributed by atoms with Crippen LogP contribution in [0.3, 0.4) is 0 Å². The van der Waals surface area contributed by atoms with E-state index in [0.29, 0.717) is 12.2 Å². The average Bonchev–Trinajstić information content (AvgIpc) is 2.66. The summed E-state index contributed by atoms with van der Waals surface area (Å²) in [5, 5.41) is 20.3. The number of nitrogens with two attached hydrogens (primary N) is 1. The molecule has 0 saturated carbocycles. The highest BCUT2D eigenvalue weighted by Gasteiger charge is 2.15. The number of rotatable bonds is 6. The number of hydrogen-bond acceptors (Lipinski definition) is 5. The van der Waals surface area contributed by atoms with E-state index in [4.69, 9.17) is 5.14 Å². The van der Waals surface area contributed by atoms with Crippen LogP contribution in [0.15, 0.2) is 77.7 Å². The van der Waals surface area contributed by atoms with Gasteiger partial charge in [-0.05, 0) is 46.8 Å². The first-order valence-electron chi connectivity index (χ1n) is 7.71. The van der Waals surface area contributed by atoms with Crippen LogP contribution < -0.4 is 10.5 Å². The van der Waals surface area contributed by atoms with Gasteiger partial charge in [-0.3, -0.25) is 15.3 Å². The molecular formula is C19H17N3O2S. The quantitative estimate of drug-likeness (QED) is 0.377. The molecule has 126 valence electrons. The van der Waals surface area contributed by atoms with Crippen LogP contribution in [0.5, 0.6) is 0 Å². The molecule has 25 heavy (non-hydrogen) atoms. The van der Waals surface area contributed by atoms with Crippen LogP contribution in [0.4, 0.5) is 11.4 Å². The van der Waals surface area contributed by atoms with Crippen molar-refractivity contribution >= 4 is 23.3 Å². The Kier molecular flexibility index (Phi) is 5.33. The molecule has 0 atom stereocenters. The van der Waals surface area contributed by atoms with Crippen LogP contribution in [0.25, 0.3) is 11.1 Å². The molecule has 0 aliphatic heterocycles. The molecule has 0 saturated heterocycles. The lowest BCUT2D eigenvalue weighted by atomic mass is 10.0. The highest BCUT2D eigenvalue weighted by molar-refractivity contribution is 7.97. The topological polar surface area (TPSA) is 81.2 Å². The van der Waals surface area contributed by atoms with Gasteiger partial charge in [0.1, 0.15) is 5.69 Å². The van der Waals surface area contributed by atoms with Crippen molar-refractivity contribution in [2.45, 2.75) is 11.4 Å². The summed E-state index contributed by atoms with van der Waals surface area (Å²) in [7, 11) is 0. The van der Waals surface area contributed by atoms with Crippen molar-refractivity contribution in [3.05, 3.63) is 88.5 Å². The number of nitro groups is 1. The second-order valence-corrected chi connectivity index (χ2v) is 6.12. The van der Waals surface area contributed by atoms with E-state index in [1.165, 1.54) is 6.07 Å². The summed E-state index contributed by atoms with van der Waals surface area (Å²) < 4.78 is 0. The Bertz CT molecular complexity index is 885. The van der Waals surface area contributed by atoms with Gasteiger partial charge >= 0.3 is 0 Å². The van der Waals surface area contributed by atoms with Gasteiger partial charge in [-0.25, -0.2) is 0 Å². The molecular weight excluding hydrogens is 334 g/mol. The van der Waals surface area contributed by atoms with Crippen molar-refractivity contribution in [1.82, 2.24) is 0 Å². The Morgan fingerprint density at radius 2 is 1.72 bits per heavy atom. The zero-order valence-electron chi connectivity index (χ0n) is 13.4. The number of hydrogen-bond donors (Lipinski definition) is 2. The zero-order valence-corrected chi connectivity index (χ0v) is 14.2. The van der Waals surface area contributed by atoms with Gasteiger partial charge in [0.25, 0.3) is 5.69 Å². The lowest BCUT2D eigenvalue weighted by Gasteiger charge is -2.11. The van der Waals surface area contributed by atoms with Crippen LogP contribution in [0.2, 0.25) is 0 Å². The molecule has 0 radical (unpaired) electrons. The third-order valence-corrected chi connectivity index (χ3v) is 4.45. The second-order valence-electron chi connectivity index (χ2n) is 5.44. The molecule has 0 unspecified atom stereocenters. The van der Waals surface area contributed by atoms with E-state index in [2.05, 4.69) is 5.32 Å². The lowest BCUT2D eigenvalue weighted by molar-refractivity contribution is -0.384. The molecule has 0 aromatic heterocycles. The highest BCUT2D eigenvalue weighted by Crippen LogP contribution is 2.34. The predicted molar refractivity (Wildman–Crippen MR) is 102 cm³/mol. The molecule has 3 N–H and O–H groups in total. The minimum Gasteiger partial charge on any atom is -0.375 e. The van der Waals surface area contributed by atoms with Crippen LogP contribution in [0, 0.1) is 10.1 Å². The Morgan fingerprint density at radius 3 is 2.44 bits per heavy atom. The number of benzene rings is 3. The van der Waals surface area contributed by atoms with E-state index in [1.807, 2.05) is 54.6 Å². The summed E-state index contributed by atoms with van der Waals surface area (Å²) in [6.45, 7) is 0.512. The first-order chi connectivity index (χ1) is 12.2. The first kappa shape index (κ1) is 17.0. The summed E-state index contributed by atoms with van der Waals surface area (Å²) in [4.78, 5) is 11.9. The van der Waals surface area contributed by atoms with E-state index < -0.39 is 0 Å². The van der Waals surface area contributed by atoms with Crippen molar-refractivity contribution in [2.24, 2.45) is 5.14 Å². The summed E-state index contributed by atoms with van der Waals surface area (Å²) in [5.41, 5.74) is 3.43. The number of nitro benzene ring substituents is 1. The van der Waals surface area contributed by atoms with Crippen LogP contribution in [0.1, 0.15) is 5.56 Å². The molecule has 3 aromatic rings. The lowest BCUT2D eigenvalue weighted by Crippen LogP contribution is -2.03. The summed E-state index contributed by atoms with van der Waals surface area (Å²) in [5.74, 6) is 0. The van der Waals surface area contributed by atoms with Gasteiger partial charge in [0.15, 0.2) is 0 Å². The van der Waals surface area contributed by atoms with Crippen molar-refractivity contribution in [2.75, 3.05) is 5.32 Å². The van der Waals surface area contributed by atoms with Gasteiger partial charge in [0, 0.05) is 17.5 Å². The van der Waals surface area contributed by atoms with Crippen LogP contribution in [-0.2, 0) is 6.54 Å². The van der Waals surface area contributed by atoms with Crippen molar-refractivity contribution < 1.29 is 4.92 Å². The molecule has 3 aromatic carbocycles. The van der Waals surface area contributed by atoms with Crippen LogP contribution >= 0.6 is 11.9 Å². The Labute approximate surface area is 150 Å². The van der Waals surface area contributed by atoms with E-state index in [-0.39, 0.29) is 10.6 Å². The van der Waals surface area contributed by atoms with E-state index >= 15 is 0 Å². The SMILES string of the molecule is NSc1ccccc1-c1ccc([N+](=O)[O-])c(NCc2ccccc2)c1. The summed E-state index contributed by atoms with van der Waals surface area (Å²) in [6.07, 6.45) is 0. The van der Waals surface area contributed by atoms with Gasteiger partial charge < -0.3 is 5.32 Å². The molecule has 0 heterocycles. The van der Waals surface area contributed by atoms with Crippen LogP contribution in [-0.4, -0.2) is 4.92 Å². The van der Waals surface area contributed by atoms with Crippen molar-refractivity contribution in [3.63, 3.8) is 0 Å². The van der Waals surface area contributed by atoms with Gasteiger partial charge in [-0.2, -0.15) is 0 Å². The zero-order chi connectivity index (χ0) is 17.6. The molecule has 3 rings (SSSR count). The predicted octanol–water partition coefficient (Wildman–Crippen LogP) is 4.84. The van der Waals surface area contributed by atoms with Gasteiger partial charge in [0.2, 0.25) is 0 Å². The molecule has 0 aliphatic rings. The first-order valence-corrected chi connectivity index (χ1v) is 8.59. The fourth-order valence-corrected chi connectivity index (χ4v) is 3.08. The van der Waals surface area contributed by atoms with E-state index in [0.717, 1.165) is 33.5 Å². The van der Waals surface area contributed by atoms with Gasteiger partial charge in [0.05, 0.1) is 4.92 Å². The number of nitrogens with zero attached hydrogens (tertiary/aromatic N) is 1. The molecule has 0 spiro atoms. The molecule has 6 heteroatoms. The third kappa shape index (κ3) is 3.99. The van der Waals surface area contributed by atoms with E-state index in [1.54, 1.807) is 12.1 Å². The minimum absolute atomic E-state index is 0.0533. The fraction of sp³-hybridized carbons (Fsp3) is 0.0526. The molecule has 0 aliphatic carbocycles. The number of nitrogens with one attached hydrogen (secondary N) is 1. The molecule has 0 bridgehead atoms.